The Labute approximate surface area is 101 Å². The fourth-order valence-corrected chi connectivity index (χ4v) is 1.82. The summed E-state index contributed by atoms with van der Waals surface area (Å²) in [6, 6.07) is 0. The highest BCUT2D eigenvalue weighted by Gasteiger charge is 2.23. The maximum atomic E-state index is 9.61. The fraction of sp³-hybridized carbons (Fsp3) is 1.00. The molecular formula is C14H30O2. The highest BCUT2D eigenvalue weighted by molar-refractivity contribution is 4.75. The average Bonchev–Trinajstić information content (AvgIpc) is 2.20. The predicted octanol–water partition coefficient (Wildman–Crippen LogP) is 3.65. The Bertz CT molecular complexity index is 149. The lowest BCUT2D eigenvalue weighted by Gasteiger charge is -2.24. The van der Waals surface area contributed by atoms with Crippen LogP contribution in [0.25, 0.3) is 0 Å². The van der Waals surface area contributed by atoms with Crippen LogP contribution in [0.1, 0.15) is 78.6 Å². The Morgan fingerprint density at radius 1 is 0.875 bits per heavy atom. The summed E-state index contributed by atoms with van der Waals surface area (Å²) in [6.45, 7) is 5.57. The number of aliphatic hydroxyl groups excluding tert-OH is 1. The SMILES string of the molecule is CCCCCCCCCCC(O)C(C)(C)O. The normalized spacial score (nSPS) is 14.1. The third-order valence-corrected chi connectivity index (χ3v) is 3.15. The molecule has 2 nitrogen and oxygen atoms in total. The van der Waals surface area contributed by atoms with Crippen molar-refractivity contribution in [2.75, 3.05) is 0 Å². The van der Waals surface area contributed by atoms with Crippen molar-refractivity contribution >= 4 is 0 Å². The Kier molecular flexibility index (Phi) is 8.96. The van der Waals surface area contributed by atoms with E-state index < -0.39 is 11.7 Å². The van der Waals surface area contributed by atoms with Crippen LogP contribution in [0.2, 0.25) is 0 Å². The standard InChI is InChI=1S/C14H30O2/c1-4-5-6-7-8-9-10-11-12-13(15)14(2,3)16/h13,15-16H,4-12H2,1-3H3. The zero-order valence-electron chi connectivity index (χ0n) is 11.3. The van der Waals surface area contributed by atoms with E-state index in [-0.39, 0.29) is 0 Å². The van der Waals surface area contributed by atoms with Gasteiger partial charge in [-0.25, -0.2) is 0 Å². The first-order valence-electron chi connectivity index (χ1n) is 6.89. The van der Waals surface area contributed by atoms with Gasteiger partial charge in [0.2, 0.25) is 0 Å². The van der Waals surface area contributed by atoms with Crippen LogP contribution in [0.3, 0.4) is 0 Å². The van der Waals surface area contributed by atoms with E-state index in [0.717, 1.165) is 12.8 Å². The van der Waals surface area contributed by atoms with Crippen LogP contribution in [0.4, 0.5) is 0 Å². The smallest absolute Gasteiger partial charge is 0.0849 e. The highest BCUT2D eigenvalue weighted by Crippen LogP contribution is 2.16. The molecular weight excluding hydrogens is 200 g/mol. The molecule has 0 heterocycles. The highest BCUT2D eigenvalue weighted by atomic mass is 16.3. The van der Waals surface area contributed by atoms with Crippen molar-refractivity contribution < 1.29 is 10.2 Å². The number of unbranched alkanes of at least 4 members (excludes halogenated alkanes) is 7. The van der Waals surface area contributed by atoms with Crippen molar-refractivity contribution in [1.82, 2.24) is 0 Å². The van der Waals surface area contributed by atoms with Gasteiger partial charge in [-0.1, -0.05) is 58.3 Å². The maximum Gasteiger partial charge on any atom is 0.0849 e. The minimum atomic E-state index is -0.943. The number of aliphatic hydroxyl groups is 2. The Balaban J connectivity index is 3.21. The van der Waals surface area contributed by atoms with Gasteiger partial charge in [0.15, 0.2) is 0 Å². The second kappa shape index (κ2) is 9.00. The van der Waals surface area contributed by atoms with Crippen LogP contribution in [-0.2, 0) is 0 Å². The summed E-state index contributed by atoms with van der Waals surface area (Å²) in [6.07, 6.45) is 10.3. The van der Waals surface area contributed by atoms with E-state index in [1.807, 2.05) is 0 Å². The molecule has 0 radical (unpaired) electrons. The predicted molar refractivity (Wildman–Crippen MR) is 69.5 cm³/mol. The molecule has 1 atom stereocenters. The molecule has 0 aromatic heterocycles. The van der Waals surface area contributed by atoms with E-state index in [1.54, 1.807) is 13.8 Å². The minimum absolute atomic E-state index is 0.576. The molecule has 0 rings (SSSR count). The molecule has 0 aliphatic carbocycles. The zero-order chi connectivity index (χ0) is 12.4. The third kappa shape index (κ3) is 9.17. The molecule has 0 amide bonds. The lowest BCUT2D eigenvalue weighted by molar-refractivity contribution is -0.0522. The quantitative estimate of drug-likeness (QED) is 0.562. The summed E-state index contributed by atoms with van der Waals surface area (Å²) in [5.74, 6) is 0. The van der Waals surface area contributed by atoms with Gasteiger partial charge in [-0.2, -0.15) is 0 Å². The van der Waals surface area contributed by atoms with Gasteiger partial charge >= 0.3 is 0 Å². The van der Waals surface area contributed by atoms with Crippen LogP contribution in [0.15, 0.2) is 0 Å². The first kappa shape index (κ1) is 15.9. The van der Waals surface area contributed by atoms with E-state index in [9.17, 15) is 10.2 Å². The van der Waals surface area contributed by atoms with Crippen molar-refractivity contribution in [3.05, 3.63) is 0 Å². The van der Waals surface area contributed by atoms with Gasteiger partial charge in [0.25, 0.3) is 0 Å². The van der Waals surface area contributed by atoms with Crippen LogP contribution in [-0.4, -0.2) is 21.9 Å². The molecule has 1 unspecified atom stereocenters. The number of hydrogen-bond donors (Lipinski definition) is 2. The molecule has 2 N–H and O–H groups in total. The van der Waals surface area contributed by atoms with Crippen molar-refractivity contribution in [2.45, 2.75) is 90.3 Å². The van der Waals surface area contributed by atoms with Crippen LogP contribution < -0.4 is 0 Å². The lowest BCUT2D eigenvalue weighted by Crippen LogP contribution is -2.35. The Hall–Kier alpha value is -0.0800. The number of rotatable bonds is 10. The van der Waals surface area contributed by atoms with Gasteiger partial charge in [-0.15, -0.1) is 0 Å². The molecule has 0 spiro atoms. The van der Waals surface area contributed by atoms with Crippen molar-refractivity contribution in [2.24, 2.45) is 0 Å². The van der Waals surface area contributed by atoms with E-state index in [4.69, 9.17) is 0 Å². The van der Waals surface area contributed by atoms with Crippen molar-refractivity contribution in [3.63, 3.8) is 0 Å². The maximum absolute atomic E-state index is 9.61. The topological polar surface area (TPSA) is 40.5 Å². The molecule has 2 heteroatoms. The molecule has 0 aliphatic rings. The van der Waals surface area contributed by atoms with Crippen LogP contribution in [0.5, 0.6) is 0 Å². The molecule has 0 saturated carbocycles. The van der Waals surface area contributed by atoms with Crippen molar-refractivity contribution in [1.29, 1.82) is 0 Å². The second-order valence-electron chi connectivity index (χ2n) is 5.43. The van der Waals surface area contributed by atoms with Crippen LogP contribution >= 0.6 is 0 Å². The van der Waals surface area contributed by atoms with Gasteiger partial charge in [0, 0.05) is 0 Å². The van der Waals surface area contributed by atoms with Gasteiger partial charge in [0.05, 0.1) is 11.7 Å². The fourth-order valence-electron chi connectivity index (χ4n) is 1.82. The largest absolute Gasteiger partial charge is 0.390 e. The van der Waals surface area contributed by atoms with Crippen LogP contribution in [0, 0.1) is 0 Å². The monoisotopic (exact) mass is 230 g/mol. The molecule has 0 fully saturated rings. The minimum Gasteiger partial charge on any atom is -0.390 e. The summed E-state index contributed by atoms with van der Waals surface area (Å²) in [5.41, 5.74) is -0.943. The van der Waals surface area contributed by atoms with Gasteiger partial charge in [-0.05, 0) is 20.3 Å². The molecule has 16 heavy (non-hydrogen) atoms. The zero-order valence-corrected chi connectivity index (χ0v) is 11.3. The summed E-state index contributed by atoms with van der Waals surface area (Å²) < 4.78 is 0. The summed E-state index contributed by atoms with van der Waals surface area (Å²) in [4.78, 5) is 0. The second-order valence-corrected chi connectivity index (χ2v) is 5.43. The van der Waals surface area contributed by atoms with Gasteiger partial charge < -0.3 is 10.2 Å². The summed E-state index contributed by atoms with van der Waals surface area (Å²) >= 11 is 0. The Morgan fingerprint density at radius 3 is 1.75 bits per heavy atom. The van der Waals surface area contributed by atoms with Gasteiger partial charge in [0.1, 0.15) is 0 Å². The molecule has 0 aliphatic heterocycles. The molecule has 0 bridgehead atoms. The first-order valence-corrected chi connectivity index (χ1v) is 6.89. The Morgan fingerprint density at radius 2 is 1.31 bits per heavy atom. The van der Waals surface area contributed by atoms with E-state index in [2.05, 4.69) is 6.92 Å². The number of hydrogen-bond acceptors (Lipinski definition) is 2. The van der Waals surface area contributed by atoms with E-state index in [0.29, 0.717) is 0 Å². The molecule has 0 saturated heterocycles. The average molecular weight is 230 g/mol. The molecule has 0 aromatic rings. The summed E-state index contributed by atoms with van der Waals surface area (Å²) in [5, 5.41) is 19.1. The van der Waals surface area contributed by atoms with Crippen molar-refractivity contribution in [3.8, 4) is 0 Å². The van der Waals surface area contributed by atoms with E-state index >= 15 is 0 Å². The summed E-state index contributed by atoms with van der Waals surface area (Å²) in [7, 11) is 0. The third-order valence-electron chi connectivity index (χ3n) is 3.15. The van der Waals surface area contributed by atoms with Gasteiger partial charge in [-0.3, -0.25) is 0 Å². The molecule has 0 aromatic carbocycles. The van der Waals surface area contributed by atoms with E-state index in [1.165, 1.54) is 44.9 Å². The lowest BCUT2D eigenvalue weighted by atomic mass is 9.96. The first-order chi connectivity index (χ1) is 7.48. The molecule has 98 valence electrons.